The topological polar surface area (TPSA) is 66.0 Å². The third-order valence-electron chi connectivity index (χ3n) is 4.11. The maximum Gasteiger partial charge on any atom is 0.138 e. The minimum atomic E-state index is 0.223. The molecule has 0 heterocycles. The number of nitrogens with zero attached hydrogens (tertiary/aromatic N) is 2. The standard InChI is InChI=1S/C22H18N2O2/c23-15-19-20(16-24)22(26-14-12-18-7-3-4-8-18)10-9-21(19)25-13-11-17-5-1-2-6-17/h1-10H,11-14H2. The van der Waals surface area contributed by atoms with Crippen LogP contribution in [0.15, 0.2) is 12.1 Å². The maximum atomic E-state index is 9.48. The van der Waals surface area contributed by atoms with Crippen molar-refractivity contribution < 1.29 is 9.47 Å². The Bertz CT molecular complexity index is 616. The Morgan fingerprint density at radius 3 is 1.38 bits per heavy atom. The Kier molecular flexibility index (Phi) is 6.78. The van der Waals surface area contributed by atoms with Gasteiger partial charge in [-0.15, -0.1) is 0 Å². The minimum Gasteiger partial charge on any atom is -0.492 e. The van der Waals surface area contributed by atoms with E-state index in [0.717, 1.165) is 12.8 Å². The smallest absolute Gasteiger partial charge is 0.138 e. The van der Waals surface area contributed by atoms with Gasteiger partial charge in [-0.05, 0) is 88.2 Å². The molecule has 2 aliphatic carbocycles. The molecule has 3 rings (SSSR count). The highest BCUT2D eigenvalue weighted by atomic mass is 16.5. The van der Waals surface area contributed by atoms with Gasteiger partial charge in [0.05, 0.1) is 13.2 Å². The van der Waals surface area contributed by atoms with Crippen LogP contribution in [-0.2, 0) is 0 Å². The van der Waals surface area contributed by atoms with Crippen molar-refractivity contribution in [1.29, 1.82) is 10.5 Å². The molecular formula is C22H18N2O2. The van der Waals surface area contributed by atoms with Crippen LogP contribution in [0.25, 0.3) is 0 Å². The third-order valence-corrected chi connectivity index (χ3v) is 4.11. The largest absolute Gasteiger partial charge is 0.492 e. The van der Waals surface area contributed by atoms with Crippen molar-refractivity contribution in [2.75, 3.05) is 13.2 Å². The average molecular weight is 342 g/mol. The van der Waals surface area contributed by atoms with Gasteiger partial charge in [-0.2, -0.15) is 10.5 Å². The first kappa shape index (κ1) is 18.6. The Labute approximate surface area is 156 Å². The van der Waals surface area contributed by atoms with Crippen LogP contribution in [0.5, 0.6) is 11.5 Å². The third kappa shape index (κ3) is 4.70. The molecule has 0 atom stereocenters. The lowest BCUT2D eigenvalue weighted by Gasteiger charge is -2.14. The SMILES string of the molecule is N#Cc1c(OCC[C]2[CH][CH][CH][CH]2)ccc(OCC[C]2[CH][CH][CH][CH]2)c1C#N. The Balaban J connectivity index is 1.59. The molecule has 0 unspecified atom stereocenters. The van der Waals surface area contributed by atoms with Crippen molar-refractivity contribution in [1.82, 2.24) is 0 Å². The van der Waals surface area contributed by atoms with Crippen molar-refractivity contribution in [3.05, 3.63) is 86.5 Å². The molecule has 4 nitrogen and oxygen atoms in total. The summed E-state index contributed by atoms with van der Waals surface area (Å²) in [5.74, 6) is 3.19. The van der Waals surface area contributed by atoms with Crippen molar-refractivity contribution in [2.24, 2.45) is 0 Å². The zero-order valence-electron chi connectivity index (χ0n) is 14.3. The van der Waals surface area contributed by atoms with Crippen LogP contribution in [0.2, 0.25) is 0 Å². The first-order chi connectivity index (χ1) is 12.8. The van der Waals surface area contributed by atoms with Gasteiger partial charge in [-0.25, -0.2) is 0 Å². The highest BCUT2D eigenvalue weighted by molar-refractivity contribution is 5.60. The fourth-order valence-electron chi connectivity index (χ4n) is 2.75. The molecule has 2 fully saturated rings. The Morgan fingerprint density at radius 2 is 1.04 bits per heavy atom. The quantitative estimate of drug-likeness (QED) is 0.721. The van der Waals surface area contributed by atoms with Crippen LogP contribution in [0.4, 0.5) is 0 Å². The molecule has 0 saturated heterocycles. The van der Waals surface area contributed by atoms with E-state index >= 15 is 0 Å². The molecule has 0 amide bonds. The Morgan fingerprint density at radius 1 is 0.654 bits per heavy atom. The van der Waals surface area contributed by atoms with Gasteiger partial charge >= 0.3 is 0 Å². The van der Waals surface area contributed by atoms with Crippen LogP contribution >= 0.6 is 0 Å². The van der Waals surface area contributed by atoms with Gasteiger partial charge in [0, 0.05) is 0 Å². The van der Waals surface area contributed by atoms with Crippen LogP contribution in [0, 0.1) is 85.9 Å². The summed E-state index contributed by atoms with van der Waals surface area (Å²) >= 11 is 0. The molecule has 0 N–H and O–H groups in total. The number of hydrogen-bond acceptors (Lipinski definition) is 4. The summed E-state index contributed by atoms with van der Waals surface area (Å²) in [5, 5.41) is 19.0. The molecule has 2 aliphatic rings. The van der Waals surface area contributed by atoms with Crippen LogP contribution in [0.1, 0.15) is 24.0 Å². The molecule has 2 saturated carbocycles. The fraction of sp³-hybridized carbons (Fsp3) is 0.182. The second-order valence-corrected chi connectivity index (χ2v) is 5.82. The maximum absolute atomic E-state index is 9.48. The van der Waals surface area contributed by atoms with E-state index in [2.05, 4.69) is 12.1 Å². The molecule has 26 heavy (non-hydrogen) atoms. The number of benzene rings is 1. The zero-order valence-corrected chi connectivity index (χ0v) is 14.3. The average Bonchev–Trinajstić information content (AvgIpc) is 3.36. The summed E-state index contributed by atoms with van der Waals surface area (Å²) in [7, 11) is 0. The highest BCUT2D eigenvalue weighted by Crippen LogP contribution is 2.32. The fourth-order valence-corrected chi connectivity index (χ4v) is 2.75. The molecule has 1 aromatic rings. The van der Waals surface area contributed by atoms with Gasteiger partial charge in [-0.3, -0.25) is 0 Å². The van der Waals surface area contributed by atoms with E-state index in [1.807, 2.05) is 51.4 Å². The summed E-state index contributed by atoms with van der Waals surface area (Å²) in [6.45, 7) is 0.890. The van der Waals surface area contributed by atoms with Crippen LogP contribution in [0.3, 0.4) is 0 Å². The van der Waals surface area contributed by atoms with Gasteiger partial charge < -0.3 is 9.47 Å². The second-order valence-electron chi connectivity index (χ2n) is 5.82. The van der Waals surface area contributed by atoms with E-state index in [0.29, 0.717) is 24.7 Å². The van der Waals surface area contributed by atoms with E-state index in [4.69, 9.17) is 9.47 Å². The lowest BCUT2D eigenvalue weighted by Crippen LogP contribution is -2.07. The van der Waals surface area contributed by atoms with E-state index in [9.17, 15) is 10.5 Å². The number of hydrogen-bond donors (Lipinski definition) is 0. The van der Waals surface area contributed by atoms with Gasteiger partial charge in [0.2, 0.25) is 0 Å². The van der Waals surface area contributed by atoms with E-state index in [-0.39, 0.29) is 11.1 Å². The summed E-state index contributed by atoms with van der Waals surface area (Å²) in [5.41, 5.74) is 0.446. The van der Waals surface area contributed by atoms with Crippen molar-refractivity contribution in [3.8, 4) is 23.6 Å². The van der Waals surface area contributed by atoms with Gasteiger partial charge in [0.25, 0.3) is 0 Å². The van der Waals surface area contributed by atoms with E-state index in [1.54, 1.807) is 12.1 Å². The lowest BCUT2D eigenvalue weighted by molar-refractivity contribution is 0.307. The first-order valence-corrected chi connectivity index (χ1v) is 8.46. The van der Waals surface area contributed by atoms with Gasteiger partial charge in [0.15, 0.2) is 0 Å². The normalized spacial score (nSPS) is 17.8. The van der Waals surface area contributed by atoms with Crippen molar-refractivity contribution in [2.45, 2.75) is 12.8 Å². The molecule has 0 bridgehead atoms. The van der Waals surface area contributed by atoms with Crippen molar-refractivity contribution >= 4 is 0 Å². The van der Waals surface area contributed by atoms with E-state index in [1.165, 1.54) is 11.8 Å². The second kappa shape index (κ2) is 9.48. The molecular weight excluding hydrogens is 324 g/mol. The number of rotatable bonds is 8. The minimum absolute atomic E-state index is 0.223. The summed E-state index contributed by atoms with van der Waals surface area (Å²) in [6.07, 6.45) is 17.5. The molecule has 1 aromatic carbocycles. The zero-order chi connectivity index (χ0) is 18.2. The van der Waals surface area contributed by atoms with Crippen molar-refractivity contribution in [3.63, 3.8) is 0 Å². The molecule has 4 heteroatoms. The van der Waals surface area contributed by atoms with E-state index < -0.39 is 0 Å². The predicted octanol–water partition coefficient (Wildman–Crippen LogP) is 3.78. The molecule has 0 aliphatic heterocycles. The molecule has 128 valence electrons. The summed E-state index contributed by atoms with van der Waals surface area (Å²) in [6, 6.07) is 7.54. The predicted molar refractivity (Wildman–Crippen MR) is 97.0 cm³/mol. The van der Waals surface area contributed by atoms with Crippen LogP contribution in [-0.4, -0.2) is 13.2 Å². The monoisotopic (exact) mass is 342 g/mol. The number of ether oxygens (including phenoxy) is 2. The molecule has 10 radical (unpaired) electrons. The van der Waals surface area contributed by atoms with Gasteiger partial charge in [0.1, 0.15) is 34.8 Å². The lowest BCUT2D eigenvalue weighted by atomic mass is 10.0. The highest BCUT2D eigenvalue weighted by Gasteiger charge is 2.20. The molecule has 0 spiro atoms. The van der Waals surface area contributed by atoms with Crippen LogP contribution < -0.4 is 9.47 Å². The summed E-state index contributed by atoms with van der Waals surface area (Å²) in [4.78, 5) is 0. The van der Waals surface area contributed by atoms with Gasteiger partial charge in [-0.1, -0.05) is 0 Å². The molecule has 0 aromatic heterocycles. The first-order valence-electron chi connectivity index (χ1n) is 8.46. The summed E-state index contributed by atoms with van der Waals surface area (Å²) < 4.78 is 11.5. The Hall–Kier alpha value is -2.20. The number of nitriles is 2.